The zero-order valence-electron chi connectivity index (χ0n) is 12.4. The van der Waals surface area contributed by atoms with E-state index in [0.717, 1.165) is 13.0 Å². The highest BCUT2D eigenvalue weighted by molar-refractivity contribution is 6.74. The summed E-state index contributed by atoms with van der Waals surface area (Å²) in [6.45, 7) is 12.8. The van der Waals surface area contributed by atoms with E-state index in [0.29, 0.717) is 18.3 Å². The number of nitrogens with zero attached hydrogens (tertiary/aromatic N) is 3. The summed E-state index contributed by atoms with van der Waals surface area (Å²) in [5.41, 5.74) is 0. The fraction of sp³-hybridized carbons (Fsp3) is 0.917. The number of hydrogen-bond donors (Lipinski definition) is 1. The predicted molar refractivity (Wildman–Crippen MR) is 74.1 cm³/mol. The van der Waals surface area contributed by atoms with Gasteiger partial charge in [0, 0.05) is 12.5 Å². The van der Waals surface area contributed by atoms with Gasteiger partial charge in [0.2, 0.25) is 5.82 Å². The van der Waals surface area contributed by atoms with Crippen LogP contribution in [-0.2, 0) is 9.16 Å². The van der Waals surface area contributed by atoms with Gasteiger partial charge in [-0.25, -0.2) is 0 Å². The first-order valence-corrected chi connectivity index (χ1v) is 9.69. The molecule has 1 aliphatic heterocycles. The van der Waals surface area contributed by atoms with Gasteiger partial charge in [0.15, 0.2) is 8.32 Å². The maximum Gasteiger partial charge on any atom is 0.203 e. The van der Waals surface area contributed by atoms with Crippen molar-refractivity contribution in [2.75, 3.05) is 13.2 Å². The summed E-state index contributed by atoms with van der Waals surface area (Å²) in [6, 6.07) is 0. The van der Waals surface area contributed by atoms with Crippen LogP contribution in [0.1, 0.15) is 39.1 Å². The smallest absolute Gasteiger partial charge is 0.203 e. The molecule has 0 aliphatic carbocycles. The van der Waals surface area contributed by atoms with Crippen LogP contribution in [0.4, 0.5) is 0 Å². The van der Waals surface area contributed by atoms with Crippen molar-refractivity contribution >= 4 is 8.32 Å². The Bertz CT molecular complexity index is 402. The molecule has 2 heterocycles. The van der Waals surface area contributed by atoms with Crippen LogP contribution in [-0.4, -0.2) is 42.2 Å². The van der Waals surface area contributed by atoms with Gasteiger partial charge in [-0.2, -0.15) is 5.21 Å². The van der Waals surface area contributed by atoms with E-state index in [-0.39, 0.29) is 11.1 Å². The Kier molecular flexibility index (Phi) is 4.07. The monoisotopic (exact) mass is 284 g/mol. The second-order valence-electron chi connectivity index (χ2n) is 6.77. The zero-order valence-corrected chi connectivity index (χ0v) is 13.4. The molecule has 108 valence electrons. The summed E-state index contributed by atoms with van der Waals surface area (Å²) >= 11 is 0. The molecule has 1 aromatic rings. The van der Waals surface area contributed by atoms with Crippen LogP contribution in [0.5, 0.6) is 0 Å². The van der Waals surface area contributed by atoms with Gasteiger partial charge >= 0.3 is 0 Å². The number of ether oxygens (including phenoxy) is 1. The number of aromatic nitrogens is 4. The highest BCUT2D eigenvalue weighted by Gasteiger charge is 2.38. The number of hydrogen-bond acceptors (Lipinski definition) is 5. The van der Waals surface area contributed by atoms with E-state index in [9.17, 15) is 0 Å². The fourth-order valence-corrected chi connectivity index (χ4v) is 2.92. The van der Waals surface area contributed by atoms with Crippen molar-refractivity contribution in [3.63, 3.8) is 0 Å². The molecule has 0 spiro atoms. The Balaban J connectivity index is 1.83. The molecule has 0 aromatic carbocycles. The standard InChI is InChI=1S/C12H24N4O2Si/c1-12(2,3)19(4,5)18-8-9-6-10(17-7-9)11-13-15-16-14-11/h9-10H,6-8H2,1-5H3,(H,13,14,15,16)/t9-,10-/m1/s1. The van der Waals surface area contributed by atoms with Crippen LogP contribution in [0.15, 0.2) is 0 Å². The molecule has 0 amide bonds. The van der Waals surface area contributed by atoms with E-state index in [2.05, 4.69) is 54.5 Å². The maximum absolute atomic E-state index is 6.24. The van der Waals surface area contributed by atoms with E-state index in [1.807, 2.05) is 0 Å². The number of aromatic amines is 1. The van der Waals surface area contributed by atoms with Crippen molar-refractivity contribution in [3.05, 3.63) is 5.82 Å². The van der Waals surface area contributed by atoms with Gasteiger partial charge in [-0.05, 0) is 24.6 Å². The second-order valence-corrected chi connectivity index (χ2v) is 11.6. The van der Waals surface area contributed by atoms with Crippen molar-refractivity contribution in [3.8, 4) is 0 Å². The van der Waals surface area contributed by atoms with Gasteiger partial charge in [0.25, 0.3) is 0 Å². The predicted octanol–water partition coefficient (Wildman–Crippen LogP) is 2.30. The Labute approximate surface area is 115 Å². The van der Waals surface area contributed by atoms with Crippen LogP contribution in [0.2, 0.25) is 18.1 Å². The molecule has 1 saturated heterocycles. The minimum atomic E-state index is -1.67. The molecule has 1 aliphatic rings. The van der Waals surface area contributed by atoms with Gasteiger partial charge in [0.1, 0.15) is 6.10 Å². The number of H-pyrrole nitrogens is 1. The normalized spacial score (nSPS) is 24.9. The minimum Gasteiger partial charge on any atom is -0.416 e. The Hall–Kier alpha value is -0.793. The topological polar surface area (TPSA) is 72.9 Å². The Morgan fingerprint density at radius 3 is 2.74 bits per heavy atom. The fourth-order valence-electron chi connectivity index (χ4n) is 1.84. The van der Waals surface area contributed by atoms with Crippen molar-refractivity contribution in [1.29, 1.82) is 0 Å². The van der Waals surface area contributed by atoms with Crippen LogP contribution in [0, 0.1) is 5.92 Å². The first-order chi connectivity index (χ1) is 8.79. The molecule has 7 heteroatoms. The van der Waals surface area contributed by atoms with E-state index in [1.165, 1.54) is 0 Å². The number of tetrazole rings is 1. The third-order valence-corrected chi connectivity index (χ3v) is 8.72. The first-order valence-electron chi connectivity index (χ1n) is 6.78. The molecule has 1 N–H and O–H groups in total. The third kappa shape index (κ3) is 3.40. The molecule has 1 fully saturated rings. The molecule has 1 aromatic heterocycles. The second kappa shape index (κ2) is 5.30. The molecular weight excluding hydrogens is 260 g/mol. The van der Waals surface area contributed by atoms with Gasteiger partial charge in [-0.1, -0.05) is 26.0 Å². The summed E-state index contributed by atoms with van der Waals surface area (Å²) in [7, 11) is -1.67. The zero-order chi connectivity index (χ0) is 14.1. The third-order valence-electron chi connectivity index (χ3n) is 4.22. The van der Waals surface area contributed by atoms with Gasteiger partial charge in [0.05, 0.1) is 6.61 Å². The van der Waals surface area contributed by atoms with Crippen molar-refractivity contribution in [1.82, 2.24) is 20.6 Å². The van der Waals surface area contributed by atoms with E-state index >= 15 is 0 Å². The Morgan fingerprint density at radius 2 is 2.16 bits per heavy atom. The summed E-state index contributed by atoms with van der Waals surface area (Å²) in [5, 5.41) is 14.2. The van der Waals surface area contributed by atoms with Crippen molar-refractivity contribution in [2.24, 2.45) is 5.92 Å². The van der Waals surface area contributed by atoms with Crippen LogP contribution in [0.25, 0.3) is 0 Å². The molecule has 2 atom stereocenters. The summed E-state index contributed by atoms with van der Waals surface area (Å²) < 4.78 is 11.9. The lowest BCUT2D eigenvalue weighted by Gasteiger charge is -2.36. The number of nitrogens with one attached hydrogen (secondary N) is 1. The SMILES string of the molecule is CC(C)(C)[Si](C)(C)OC[C@H]1CO[C@@H](c2nn[nH]n2)C1. The summed E-state index contributed by atoms with van der Waals surface area (Å²) in [5.74, 6) is 1.08. The lowest BCUT2D eigenvalue weighted by Crippen LogP contribution is -2.42. The average Bonchev–Trinajstić information content (AvgIpc) is 2.96. The number of rotatable bonds is 4. The quantitative estimate of drug-likeness (QED) is 0.859. The highest BCUT2D eigenvalue weighted by atomic mass is 28.4. The molecular formula is C12H24N4O2Si. The minimum absolute atomic E-state index is 0.0354. The van der Waals surface area contributed by atoms with E-state index in [4.69, 9.17) is 9.16 Å². The molecule has 2 rings (SSSR count). The van der Waals surface area contributed by atoms with Gasteiger partial charge in [-0.3, -0.25) is 0 Å². The molecule has 0 bridgehead atoms. The molecule has 0 unspecified atom stereocenters. The molecule has 19 heavy (non-hydrogen) atoms. The highest BCUT2D eigenvalue weighted by Crippen LogP contribution is 2.38. The van der Waals surface area contributed by atoms with Crippen molar-refractivity contribution < 1.29 is 9.16 Å². The average molecular weight is 284 g/mol. The van der Waals surface area contributed by atoms with E-state index < -0.39 is 8.32 Å². The maximum atomic E-state index is 6.24. The molecule has 0 radical (unpaired) electrons. The van der Waals surface area contributed by atoms with E-state index in [1.54, 1.807) is 0 Å². The summed E-state index contributed by atoms with van der Waals surface area (Å²) in [4.78, 5) is 0. The van der Waals surface area contributed by atoms with Crippen molar-refractivity contribution in [2.45, 2.75) is 51.4 Å². The van der Waals surface area contributed by atoms with Crippen LogP contribution in [0.3, 0.4) is 0 Å². The molecule has 6 nitrogen and oxygen atoms in total. The lowest BCUT2D eigenvalue weighted by molar-refractivity contribution is 0.0962. The largest absolute Gasteiger partial charge is 0.416 e. The van der Waals surface area contributed by atoms with Gasteiger partial charge in [-0.15, -0.1) is 10.2 Å². The first kappa shape index (κ1) is 14.6. The lowest BCUT2D eigenvalue weighted by atomic mass is 10.1. The van der Waals surface area contributed by atoms with Crippen LogP contribution < -0.4 is 0 Å². The molecule has 0 saturated carbocycles. The van der Waals surface area contributed by atoms with Gasteiger partial charge < -0.3 is 9.16 Å². The summed E-state index contributed by atoms with van der Waals surface area (Å²) in [6.07, 6.45) is 0.875. The Morgan fingerprint density at radius 1 is 1.42 bits per heavy atom. The van der Waals surface area contributed by atoms with Crippen LogP contribution >= 0.6 is 0 Å².